The van der Waals surface area contributed by atoms with Crippen LogP contribution in [0.4, 0.5) is 0 Å². The monoisotopic (exact) mass is 375 g/mol. The second-order valence-corrected chi connectivity index (χ2v) is 7.31. The molecule has 0 spiro atoms. The SMILES string of the molecule is Cc1ccc(OCc2nn(CC(=O)N[C@@H]3CCCC[C@@H]3C)c(=S)o2)cc1. The number of amides is 1. The molecule has 1 amide bonds. The third-order valence-corrected chi connectivity index (χ3v) is 5.08. The minimum atomic E-state index is -0.0841. The molecular weight excluding hydrogens is 350 g/mol. The fourth-order valence-corrected chi connectivity index (χ4v) is 3.41. The summed E-state index contributed by atoms with van der Waals surface area (Å²) in [6.07, 6.45) is 4.60. The lowest BCUT2D eigenvalue weighted by atomic mass is 9.86. The standard InChI is InChI=1S/C19H25N3O3S/c1-13-7-9-15(10-8-13)24-12-18-21-22(19(26)25-18)11-17(23)20-16-6-4-3-5-14(16)2/h7-10,14,16H,3-6,11-12H2,1-2H3,(H,20,23)/t14-,16+/m0/s1. The lowest BCUT2D eigenvalue weighted by Gasteiger charge is -2.29. The molecule has 0 saturated heterocycles. The van der Waals surface area contributed by atoms with Gasteiger partial charge in [-0.2, -0.15) is 0 Å². The van der Waals surface area contributed by atoms with Crippen molar-refractivity contribution in [3.05, 3.63) is 40.6 Å². The molecule has 1 aliphatic carbocycles. The van der Waals surface area contributed by atoms with E-state index < -0.39 is 0 Å². The smallest absolute Gasteiger partial charge is 0.287 e. The highest BCUT2D eigenvalue weighted by Crippen LogP contribution is 2.23. The maximum Gasteiger partial charge on any atom is 0.287 e. The van der Waals surface area contributed by atoms with Gasteiger partial charge in [-0.25, -0.2) is 4.68 Å². The van der Waals surface area contributed by atoms with Crippen LogP contribution in [0, 0.1) is 17.7 Å². The Morgan fingerprint density at radius 2 is 2.08 bits per heavy atom. The van der Waals surface area contributed by atoms with Gasteiger partial charge in [0.1, 0.15) is 12.3 Å². The van der Waals surface area contributed by atoms with Gasteiger partial charge >= 0.3 is 0 Å². The first-order valence-corrected chi connectivity index (χ1v) is 9.48. The van der Waals surface area contributed by atoms with Crippen LogP contribution in [0.2, 0.25) is 0 Å². The minimum absolute atomic E-state index is 0.0656. The molecule has 1 aromatic carbocycles. The zero-order chi connectivity index (χ0) is 18.5. The average molecular weight is 375 g/mol. The molecule has 0 radical (unpaired) electrons. The van der Waals surface area contributed by atoms with Crippen molar-refractivity contribution in [2.45, 2.75) is 58.7 Å². The van der Waals surface area contributed by atoms with Gasteiger partial charge in [0.05, 0.1) is 0 Å². The Morgan fingerprint density at radius 1 is 1.35 bits per heavy atom. The molecule has 0 unspecified atom stereocenters. The van der Waals surface area contributed by atoms with Crippen LogP contribution < -0.4 is 10.1 Å². The molecule has 26 heavy (non-hydrogen) atoms. The molecule has 2 atom stereocenters. The van der Waals surface area contributed by atoms with Gasteiger partial charge in [0.25, 0.3) is 10.7 Å². The van der Waals surface area contributed by atoms with E-state index >= 15 is 0 Å². The number of nitrogens with one attached hydrogen (secondary N) is 1. The Hall–Kier alpha value is -2.15. The van der Waals surface area contributed by atoms with Crippen molar-refractivity contribution in [1.29, 1.82) is 0 Å². The minimum Gasteiger partial charge on any atom is -0.484 e. The van der Waals surface area contributed by atoms with E-state index in [2.05, 4.69) is 17.3 Å². The van der Waals surface area contributed by atoms with Crippen molar-refractivity contribution in [1.82, 2.24) is 15.1 Å². The Balaban J connectivity index is 1.54. The first kappa shape index (κ1) is 18.6. The van der Waals surface area contributed by atoms with Crippen LogP contribution in [0.3, 0.4) is 0 Å². The summed E-state index contributed by atoms with van der Waals surface area (Å²) in [6, 6.07) is 7.96. The highest BCUT2D eigenvalue weighted by molar-refractivity contribution is 7.71. The maximum atomic E-state index is 12.3. The van der Waals surface area contributed by atoms with Gasteiger partial charge in [-0.05, 0) is 50.0 Å². The highest BCUT2D eigenvalue weighted by Gasteiger charge is 2.23. The number of carbonyl (C=O) groups excluding carboxylic acids is 1. The van der Waals surface area contributed by atoms with Crippen molar-refractivity contribution >= 4 is 18.1 Å². The topological polar surface area (TPSA) is 69.3 Å². The van der Waals surface area contributed by atoms with E-state index in [9.17, 15) is 4.79 Å². The van der Waals surface area contributed by atoms with E-state index in [0.29, 0.717) is 11.8 Å². The number of nitrogens with zero attached hydrogens (tertiary/aromatic N) is 2. The number of aryl methyl sites for hydroxylation is 1. The Kier molecular flexibility index (Phi) is 6.08. The molecule has 1 saturated carbocycles. The van der Waals surface area contributed by atoms with Gasteiger partial charge in [0.15, 0.2) is 6.61 Å². The van der Waals surface area contributed by atoms with E-state index in [1.165, 1.54) is 17.5 Å². The number of benzene rings is 1. The molecule has 0 aliphatic heterocycles. The lowest BCUT2D eigenvalue weighted by molar-refractivity contribution is -0.123. The number of ether oxygens (including phenoxy) is 1. The van der Waals surface area contributed by atoms with Crippen LogP contribution in [0.15, 0.2) is 28.7 Å². The van der Waals surface area contributed by atoms with Crippen LogP contribution >= 0.6 is 12.2 Å². The van der Waals surface area contributed by atoms with Crippen LogP contribution in [0.25, 0.3) is 0 Å². The Bertz CT molecular complexity index is 797. The quantitative estimate of drug-likeness (QED) is 0.778. The van der Waals surface area contributed by atoms with Crippen LogP contribution in [0.1, 0.15) is 44.1 Å². The predicted molar refractivity (Wildman–Crippen MR) is 100 cm³/mol. The Morgan fingerprint density at radius 3 is 2.81 bits per heavy atom. The fraction of sp³-hybridized carbons (Fsp3) is 0.526. The summed E-state index contributed by atoms with van der Waals surface area (Å²) in [7, 11) is 0. The van der Waals surface area contributed by atoms with Crippen molar-refractivity contribution < 1.29 is 13.9 Å². The molecule has 2 aromatic rings. The molecule has 1 aliphatic rings. The molecule has 1 N–H and O–H groups in total. The zero-order valence-corrected chi connectivity index (χ0v) is 16.1. The van der Waals surface area contributed by atoms with Gasteiger partial charge < -0.3 is 14.5 Å². The number of hydrogen-bond donors (Lipinski definition) is 1. The zero-order valence-electron chi connectivity index (χ0n) is 15.2. The van der Waals surface area contributed by atoms with Crippen molar-refractivity contribution in [3.63, 3.8) is 0 Å². The van der Waals surface area contributed by atoms with Gasteiger partial charge in [-0.3, -0.25) is 4.79 Å². The second kappa shape index (κ2) is 8.49. The molecule has 0 bridgehead atoms. The van der Waals surface area contributed by atoms with Crippen molar-refractivity contribution in [2.24, 2.45) is 5.92 Å². The summed E-state index contributed by atoms with van der Waals surface area (Å²) in [4.78, 5) is 12.5. The van der Waals surface area contributed by atoms with E-state index in [1.54, 1.807) is 0 Å². The molecule has 1 heterocycles. The largest absolute Gasteiger partial charge is 0.484 e. The molecule has 1 fully saturated rings. The normalized spacial score (nSPS) is 19.9. The fourth-order valence-electron chi connectivity index (χ4n) is 3.21. The van der Waals surface area contributed by atoms with E-state index in [0.717, 1.165) is 24.2 Å². The average Bonchev–Trinajstić information content (AvgIpc) is 2.96. The summed E-state index contributed by atoms with van der Waals surface area (Å²) in [6.45, 7) is 4.44. The number of carbonyl (C=O) groups is 1. The molecule has 7 heteroatoms. The van der Waals surface area contributed by atoms with Gasteiger partial charge in [-0.15, -0.1) is 5.10 Å². The summed E-state index contributed by atoms with van der Waals surface area (Å²) in [5, 5.41) is 7.35. The second-order valence-electron chi connectivity index (χ2n) is 6.96. The van der Waals surface area contributed by atoms with E-state index in [4.69, 9.17) is 21.4 Å². The molecular formula is C19H25N3O3S. The summed E-state index contributed by atoms with van der Waals surface area (Å²) in [5.74, 6) is 1.51. The third-order valence-electron chi connectivity index (χ3n) is 4.78. The third kappa shape index (κ3) is 4.94. The maximum absolute atomic E-state index is 12.3. The summed E-state index contributed by atoms with van der Waals surface area (Å²) < 4.78 is 12.5. The lowest BCUT2D eigenvalue weighted by Crippen LogP contribution is -2.42. The van der Waals surface area contributed by atoms with E-state index in [-0.39, 0.29) is 29.9 Å². The molecule has 6 nitrogen and oxygen atoms in total. The van der Waals surface area contributed by atoms with Gasteiger partial charge in [-0.1, -0.05) is 37.5 Å². The number of hydrogen-bond acceptors (Lipinski definition) is 5. The molecule has 1 aromatic heterocycles. The van der Waals surface area contributed by atoms with Crippen LogP contribution in [-0.2, 0) is 17.9 Å². The molecule has 3 rings (SSSR count). The first-order valence-electron chi connectivity index (χ1n) is 9.07. The van der Waals surface area contributed by atoms with Crippen molar-refractivity contribution in [3.8, 4) is 5.75 Å². The molecule has 140 valence electrons. The highest BCUT2D eigenvalue weighted by atomic mass is 32.1. The summed E-state index contributed by atoms with van der Waals surface area (Å²) >= 11 is 5.17. The van der Waals surface area contributed by atoms with Gasteiger partial charge in [0, 0.05) is 6.04 Å². The van der Waals surface area contributed by atoms with Gasteiger partial charge in [0.2, 0.25) is 5.91 Å². The van der Waals surface area contributed by atoms with E-state index in [1.807, 2.05) is 31.2 Å². The van der Waals surface area contributed by atoms with Crippen molar-refractivity contribution in [2.75, 3.05) is 0 Å². The van der Waals surface area contributed by atoms with Crippen LogP contribution in [-0.4, -0.2) is 21.7 Å². The number of rotatable bonds is 6. The number of aromatic nitrogens is 2. The first-order chi connectivity index (χ1) is 12.5. The van der Waals surface area contributed by atoms with Crippen LogP contribution in [0.5, 0.6) is 5.75 Å². The predicted octanol–water partition coefficient (Wildman–Crippen LogP) is 3.79. The summed E-state index contributed by atoms with van der Waals surface area (Å²) in [5.41, 5.74) is 1.16. The Labute approximate surface area is 158 Å².